The first-order chi connectivity index (χ1) is 18.3. The lowest BCUT2D eigenvalue weighted by atomic mass is 9.99. The molecule has 1 aromatic heterocycles. The van der Waals surface area contributed by atoms with E-state index in [1.807, 2.05) is 11.0 Å². The highest BCUT2D eigenvalue weighted by atomic mass is 32.2. The number of hydrogen-bond donors (Lipinski definition) is 3. The summed E-state index contributed by atoms with van der Waals surface area (Å²) in [5.41, 5.74) is 7.70. The number of carbonyl (C=O) groups excluding carboxylic acids is 1. The van der Waals surface area contributed by atoms with Gasteiger partial charge in [0, 0.05) is 42.7 Å². The summed E-state index contributed by atoms with van der Waals surface area (Å²) in [6.45, 7) is 0.890. The van der Waals surface area contributed by atoms with E-state index in [-0.39, 0.29) is 28.4 Å². The topological polar surface area (TPSA) is 149 Å². The van der Waals surface area contributed by atoms with Gasteiger partial charge >= 0.3 is 0 Å². The van der Waals surface area contributed by atoms with Gasteiger partial charge in [-0.05, 0) is 30.3 Å². The van der Waals surface area contributed by atoms with Gasteiger partial charge in [-0.15, -0.1) is 0 Å². The normalized spacial score (nSPS) is 13.6. The van der Waals surface area contributed by atoms with E-state index in [4.69, 9.17) is 15.2 Å². The van der Waals surface area contributed by atoms with Crippen LogP contribution in [-0.2, 0) is 14.8 Å². The molecule has 2 heterocycles. The number of methoxy groups -OCH3 is 2. The Labute approximate surface area is 219 Å². The van der Waals surface area contributed by atoms with Crippen molar-refractivity contribution in [2.75, 3.05) is 42.2 Å². The quantitative estimate of drug-likeness (QED) is 0.294. The molecule has 4 aromatic rings. The number of benzene rings is 3. The molecule has 0 unspecified atom stereocenters. The fraction of sp³-hybridized carbons (Fsp3) is 0.192. The van der Waals surface area contributed by atoms with Crippen LogP contribution in [0.4, 0.5) is 23.0 Å². The Balaban J connectivity index is 1.48. The standard InChI is InChI=1S/C26H26N6O5S/c1-36-19-10-17(11-20(13-19)37-2)28-25-26(30-23-9-4-3-8-22(23)29-25)31-38(34,35)21-7-5-6-18(12-21)32-14-16(15-32)24(27)33/h3-13,16H,14-15H2,1-2H3,(H2,27,33)(H,28,29)(H,30,31). The Kier molecular flexibility index (Phi) is 6.64. The van der Waals surface area contributed by atoms with Crippen molar-refractivity contribution in [2.24, 2.45) is 11.7 Å². The average Bonchev–Trinajstić information content (AvgIpc) is 2.87. The minimum absolute atomic E-state index is 0.0219. The first-order valence-electron chi connectivity index (χ1n) is 11.7. The molecule has 3 aromatic carbocycles. The molecule has 1 fully saturated rings. The van der Waals surface area contributed by atoms with Gasteiger partial charge in [0.05, 0.1) is 36.1 Å². The molecule has 1 aliphatic rings. The molecule has 12 heteroatoms. The second-order valence-corrected chi connectivity index (χ2v) is 10.4. The van der Waals surface area contributed by atoms with E-state index in [0.717, 1.165) is 0 Å². The van der Waals surface area contributed by atoms with Crippen LogP contribution in [0.25, 0.3) is 11.0 Å². The number of sulfonamides is 1. The molecule has 1 saturated heterocycles. The number of anilines is 4. The summed E-state index contributed by atoms with van der Waals surface area (Å²) in [5, 5.41) is 3.14. The van der Waals surface area contributed by atoms with Gasteiger partial charge in [-0.1, -0.05) is 18.2 Å². The van der Waals surface area contributed by atoms with Crippen LogP contribution in [0, 0.1) is 5.92 Å². The Morgan fingerprint density at radius 2 is 1.55 bits per heavy atom. The van der Waals surface area contributed by atoms with Crippen molar-refractivity contribution in [3.05, 3.63) is 66.7 Å². The summed E-state index contributed by atoms with van der Waals surface area (Å²) < 4.78 is 40.2. The van der Waals surface area contributed by atoms with Gasteiger partial charge < -0.3 is 25.4 Å². The van der Waals surface area contributed by atoms with Crippen LogP contribution >= 0.6 is 0 Å². The monoisotopic (exact) mass is 534 g/mol. The lowest BCUT2D eigenvalue weighted by Gasteiger charge is -2.39. The number of rotatable bonds is 9. The van der Waals surface area contributed by atoms with E-state index < -0.39 is 10.0 Å². The molecule has 38 heavy (non-hydrogen) atoms. The number of primary amides is 1. The zero-order valence-electron chi connectivity index (χ0n) is 20.7. The number of amides is 1. The second kappa shape index (κ2) is 10.1. The summed E-state index contributed by atoms with van der Waals surface area (Å²) in [7, 11) is -0.977. The number of carbonyl (C=O) groups is 1. The van der Waals surface area contributed by atoms with Crippen LogP contribution in [0.15, 0.2) is 71.6 Å². The first-order valence-corrected chi connectivity index (χ1v) is 13.2. The van der Waals surface area contributed by atoms with Crippen molar-refractivity contribution in [3.63, 3.8) is 0 Å². The highest BCUT2D eigenvalue weighted by Crippen LogP contribution is 2.32. The van der Waals surface area contributed by atoms with Crippen molar-refractivity contribution in [3.8, 4) is 11.5 Å². The maximum Gasteiger partial charge on any atom is 0.263 e. The van der Waals surface area contributed by atoms with Gasteiger partial charge in [0.1, 0.15) is 11.5 Å². The lowest BCUT2D eigenvalue weighted by molar-refractivity contribution is -0.122. The van der Waals surface area contributed by atoms with Crippen LogP contribution in [0.5, 0.6) is 11.5 Å². The number of para-hydroxylation sites is 2. The van der Waals surface area contributed by atoms with Crippen molar-refractivity contribution < 1.29 is 22.7 Å². The minimum Gasteiger partial charge on any atom is -0.497 e. The van der Waals surface area contributed by atoms with E-state index in [9.17, 15) is 13.2 Å². The molecule has 196 valence electrons. The van der Waals surface area contributed by atoms with Gasteiger partial charge in [-0.3, -0.25) is 9.52 Å². The highest BCUT2D eigenvalue weighted by Gasteiger charge is 2.31. The van der Waals surface area contributed by atoms with Gasteiger partial charge in [-0.25, -0.2) is 18.4 Å². The summed E-state index contributed by atoms with van der Waals surface area (Å²) in [6.07, 6.45) is 0. The summed E-state index contributed by atoms with van der Waals surface area (Å²) in [6, 6.07) is 18.8. The zero-order chi connectivity index (χ0) is 26.9. The molecular weight excluding hydrogens is 508 g/mol. The van der Waals surface area contributed by atoms with Gasteiger partial charge in [0.25, 0.3) is 10.0 Å². The number of nitrogens with two attached hydrogens (primary N) is 1. The molecule has 1 amide bonds. The first kappa shape index (κ1) is 25.1. The maximum atomic E-state index is 13.5. The molecule has 4 N–H and O–H groups in total. The Morgan fingerprint density at radius 3 is 2.16 bits per heavy atom. The number of hydrogen-bond acceptors (Lipinski definition) is 9. The summed E-state index contributed by atoms with van der Waals surface area (Å²) in [5.74, 6) is 0.702. The Bertz CT molecular complexity index is 1600. The van der Waals surface area contributed by atoms with Crippen molar-refractivity contribution >= 4 is 50.0 Å². The highest BCUT2D eigenvalue weighted by molar-refractivity contribution is 7.92. The molecule has 0 bridgehead atoms. The molecular formula is C26H26N6O5S. The van der Waals surface area contributed by atoms with Crippen LogP contribution in [0.1, 0.15) is 0 Å². The third kappa shape index (κ3) is 5.11. The third-order valence-electron chi connectivity index (χ3n) is 6.19. The second-order valence-electron chi connectivity index (χ2n) is 8.74. The molecule has 11 nitrogen and oxygen atoms in total. The van der Waals surface area contributed by atoms with Gasteiger partial charge in [-0.2, -0.15) is 0 Å². The van der Waals surface area contributed by atoms with Crippen LogP contribution in [-0.4, -0.2) is 51.6 Å². The fourth-order valence-corrected chi connectivity index (χ4v) is 5.13. The molecule has 0 atom stereocenters. The summed E-state index contributed by atoms with van der Waals surface area (Å²) >= 11 is 0. The number of nitrogens with zero attached hydrogens (tertiary/aromatic N) is 3. The van der Waals surface area contributed by atoms with Crippen LogP contribution in [0.2, 0.25) is 0 Å². The van der Waals surface area contributed by atoms with Gasteiger partial charge in [0.2, 0.25) is 5.91 Å². The lowest BCUT2D eigenvalue weighted by Crippen LogP contribution is -2.52. The number of ether oxygens (including phenoxy) is 2. The van der Waals surface area contributed by atoms with Crippen molar-refractivity contribution in [2.45, 2.75) is 4.90 Å². The number of nitrogens with one attached hydrogen (secondary N) is 2. The van der Waals surface area contributed by atoms with E-state index in [0.29, 0.717) is 47.0 Å². The van der Waals surface area contributed by atoms with E-state index >= 15 is 0 Å². The van der Waals surface area contributed by atoms with Crippen LogP contribution < -0.4 is 30.1 Å². The predicted molar refractivity (Wildman–Crippen MR) is 145 cm³/mol. The molecule has 0 radical (unpaired) electrons. The molecule has 5 rings (SSSR count). The Hall–Kier alpha value is -4.58. The molecule has 0 aliphatic carbocycles. The molecule has 1 aliphatic heterocycles. The maximum absolute atomic E-state index is 13.5. The predicted octanol–water partition coefficient (Wildman–Crippen LogP) is 3.11. The van der Waals surface area contributed by atoms with Crippen molar-refractivity contribution in [1.29, 1.82) is 0 Å². The SMILES string of the molecule is COc1cc(Nc2nc3ccccc3nc2NS(=O)(=O)c2cccc(N3CC(C(N)=O)C3)c2)cc(OC)c1. The molecule has 0 saturated carbocycles. The molecule has 0 spiro atoms. The minimum atomic E-state index is -4.05. The van der Waals surface area contributed by atoms with Crippen molar-refractivity contribution in [1.82, 2.24) is 9.97 Å². The largest absolute Gasteiger partial charge is 0.497 e. The van der Waals surface area contributed by atoms with E-state index in [1.54, 1.807) is 54.6 Å². The summed E-state index contributed by atoms with van der Waals surface area (Å²) in [4.78, 5) is 22.5. The van der Waals surface area contributed by atoms with Crippen LogP contribution in [0.3, 0.4) is 0 Å². The van der Waals surface area contributed by atoms with Gasteiger partial charge in [0.15, 0.2) is 11.6 Å². The Morgan fingerprint density at radius 1 is 0.921 bits per heavy atom. The van der Waals surface area contributed by atoms with E-state index in [2.05, 4.69) is 20.0 Å². The smallest absolute Gasteiger partial charge is 0.263 e. The zero-order valence-corrected chi connectivity index (χ0v) is 21.5. The third-order valence-corrected chi connectivity index (χ3v) is 7.53. The number of aromatic nitrogens is 2. The average molecular weight is 535 g/mol. The number of fused-ring (bicyclic) bond motifs is 1. The fourth-order valence-electron chi connectivity index (χ4n) is 4.08. The van der Waals surface area contributed by atoms with E-state index in [1.165, 1.54) is 20.3 Å².